The van der Waals surface area contributed by atoms with Crippen LogP contribution in [0.1, 0.15) is 66.0 Å². The number of hydrogen-bond donors (Lipinski definition) is 1. The van der Waals surface area contributed by atoms with Crippen molar-refractivity contribution in [3.05, 3.63) is 23.3 Å². The van der Waals surface area contributed by atoms with E-state index >= 15 is 0 Å². The van der Waals surface area contributed by atoms with Gasteiger partial charge in [0.1, 0.15) is 11.5 Å². The average molecular weight is 264 g/mol. The second-order valence-corrected chi connectivity index (χ2v) is 7.22. The summed E-state index contributed by atoms with van der Waals surface area (Å²) in [5.41, 5.74) is 2.04. The summed E-state index contributed by atoms with van der Waals surface area (Å²) in [5, 5.41) is 10.0. The molecule has 0 aliphatic heterocycles. The molecule has 0 aromatic heterocycles. The topological polar surface area (TPSA) is 29.5 Å². The van der Waals surface area contributed by atoms with Crippen molar-refractivity contribution in [2.24, 2.45) is 0 Å². The van der Waals surface area contributed by atoms with Gasteiger partial charge in [-0.05, 0) is 29.4 Å². The van der Waals surface area contributed by atoms with Crippen molar-refractivity contribution in [2.45, 2.75) is 65.7 Å². The molecule has 0 aliphatic rings. The molecular weight excluding hydrogens is 236 g/mol. The number of phenolic OH excluding ortho intramolecular Hbond substituents is 1. The van der Waals surface area contributed by atoms with Gasteiger partial charge in [0.25, 0.3) is 0 Å². The molecule has 0 heterocycles. The molecule has 0 amide bonds. The van der Waals surface area contributed by atoms with Crippen LogP contribution in [0.5, 0.6) is 11.5 Å². The fraction of sp³-hybridized carbons (Fsp3) is 0.647. The highest BCUT2D eigenvalue weighted by atomic mass is 16.5. The maximum Gasteiger partial charge on any atom is 0.127 e. The predicted molar refractivity (Wildman–Crippen MR) is 81.3 cm³/mol. The Balaban J connectivity index is 3.49. The summed E-state index contributed by atoms with van der Waals surface area (Å²) in [6, 6.07) is 3.67. The molecule has 19 heavy (non-hydrogen) atoms. The Labute approximate surface area is 117 Å². The van der Waals surface area contributed by atoms with Gasteiger partial charge in [0, 0.05) is 11.1 Å². The van der Waals surface area contributed by atoms with Gasteiger partial charge in [-0.1, -0.05) is 48.5 Å². The summed E-state index contributed by atoms with van der Waals surface area (Å²) in [6.45, 7) is 15.7. The SMILES string of the molecule is CCCOc1c(C(C)(C)C)cc(O)cc1C(C)(C)C. The molecule has 0 radical (unpaired) electrons. The van der Waals surface area contributed by atoms with Crippen LogP contribution in [0.25, 0.3) is 0 Å². The minimum atomic E-state index is -0.0538. The summed E-state index contributed by atoms with van der Waals surface area (Å²) < 4.78 is 6.01. The molecule has 0 fully saturated rings. The molecule has 0 aliphatic carbocycles. The van der Waals surface area contributed by atoms with E-state index in [2.05, 4.69) is 48.5 Å². The van der Waals surface area contributed by atoms with E-state index in [1.807, 2.05) is 12.1 Å². The standard InChI is InChI=1S/C17H28O2/c1-8-9-19-15-13(16(2,3)4)10-12(18)11-14(15)17(5,6)7/h10-11,18H,8-9H2,1-7H3. The second kappa shape index (κ2) is 5.44. The molecule has 2 heteroatoms. The molecule has 0 spiro atoms. The predicted octanol–water partition coefficient (Wildman–Crippen LogP) is 4.78. The molecular formula is C17H28O2. The van der Waals surface area contributed by atoms with Crippen LogP contribution in [0, 0.1) is 0 Å². The maximum absolute atomic E-state index is 10.0. The fourth-order valence-electron chi connectivity index (χ4n) is 2.09. The molecule has 1 aromatic rings. The highest BCUT2D eigenvalue weighted by Gasteiger charge is 2.27. The number of ether oxygens (including phenoxy) is 1. The zero-order chi connectivity index (χ0) is 14.8. The van der Waals surface area contributed by atoms with Crippen molar-refractivity contribution in [1.82, 2.24) is 0 Å². The van der Waals surface area contributed by atoms with Crippen molar-refractivity contribution >= 4 is 0 Å². The van der Waals surface area contributed by atoms with Crippen LogP contribution < -0.4 is 4.74 Å². The van der Waals surface area contributed by atoms with Gasteiger partial charge in [0.05, 0.1) is 6.61 Å². The minimum Gasteiger partial charge on any atom is -0.508 e. The third-order valence-electron chi connectivity index (χ3n) is 3.14. The minimum absolute atomic E-state index is 0.0538. The lowest BCUT2D eigenvalue weighted by Gasteiger charge is -2.29. The Hall–Kier alpha value is -1.18. The molecule has 0 saturated carbocycles. The van der Waals surface area contributed by atoms with Crippen LogP contribution in [-0.2, 0) is 10.8 Å². The van der Waals surface area contributed by atoms with E-state index < -0.39 is 0 Å². The molecule has 0 unspecified atom stereocenters. The van der Waals surface area contributed by atoms with Gasteiger partial charge < -0.3 is 9.84 Å². The first kappa shape index (κ1) is 15.9. The molecule has 0 atom stereocenters. The van der Waals surface area contributed by atoms with Gasteiger partial charge in [-0.3, -0.25) is 0 Å². The fourth-order valence-corrected chi connectivity index (χ4v) is 2.09. The Bertz CT molecular complexity index is 399. The Morgan fingerprint density at radius 3 is 1.68 bits per heavy atom. The first-order chi connectivity index (χ1) is 8.57. The van der Waals surface area contributed by atoms with E-state index in [4.69, 9.17) is 4.74 Å². The van der Waals surface area contributed by atoms with Crippen LogP contribution in [0.2, 0.25) is 0 Å². The van der Waals surface area contributed by atoms with Crippen LogP contribution in [0.4, 0.5) is 0 Å². The van der Waals surface area contributed by atoms with Gasteiger partial charge in [-0.25, -0.2) is 0 Å². The van der Waals surface area contributed by atoms with Gasteiger partial charge >= 0.3 is 0 Å². The summed E-state index contributed by atoms with van der Waals surface area (Å²) >= 11 is 0. The van der Waals surface area contributed by atoms with E-state index in [0.717, 1.165) is 23.3 Å². The molecule has 2 nitrogen and oxygen atoms in total. The van der Waals surface area contributed by atoms with Crippen molar-refractivity contribution < 1.29 is 9.84 Å². The third-order valence-corrected chi connectivity index (χ3v) is 3.14. The van der Waals surface area contributed by atoms with Crippen molar-refractivity contribution in [3.63, 3.8) is 0 Å². The monoisotopic (exact) mass is 264 g/mol. The summed E-state index contributed by atoms with van der Waals surface area (Å²) in [5.74, 6) is 1.26. The van der Waals surface area contributed by atoms with Gasteiger partial charge in [-0.15, -0.1) is 0 Å². The summed E-state index contributed by atoms with van der Waals surface area (Å²) in [6.07, 6.45) is 0.980. The largest absolute Gasteiger partial charge is 0.508 e. The molecule has 1 rings (SSSR count). The van der Waals surface area contributed by atoms with Crippen LogP contribution in [0.15, 0.2) is 12.1 Å². The number of phenols is 1. The van der Waals surface area contributed by atoms with E-state index in [-0.39, 0.29) is 10.8 Å². The van der Waals surface area contributed by atoms with Crippen LogP contribution in [-0.4, -0.2) is 11.7 Å². The Kier molecular flexibility index (Phi) is 4.54. The van der Waals surface area contributed by atoms with Crippen LogP contribution in [0.3, 0.4) is 0 Å². The van der Waals surface area contributed by atoms with Crippen molar-refractivity contribution in [3.8, 4) is 11.5 Å². The second-order valence-electron chi connectivity index (χ2n) is 7.22. The summed E-state index contributed by atoms with van der Waals surface area (Å²) in [4.78, 5) is 0. The first-order valence-electron chi connectivity index (χ1n) is 7.08. The van der Waals surface area contributed by atoms with Crippen molar-refractivity contribution in [1.29, 1.82) is 0 Å². The quantitative estimate of drug-likeness (QED) is 0.851. The Morgan fingerprint density at radius 2 is 1.37 bits per heavy atom. The van der Waals surface area contributed by atoms with E-state index in [9.17, 15) is 5.11 Å². The average Bonchev–Trinajstić information content (AvgIpc) is 2.23. The smallest absolute Gasteiger partial charge is 0.127 e. The number of rotatable bonds is 3. The van der Waals surface area contributed by atoms with Gasteiger partial charge in [0.15, 0.2) is 0 Å². The number of hydrogen-bond acceptors (Lipinski definition) is 2. The van der Waals surface area contributed by atoms with Gasteiger partial charge in [0.2, 0.25) is 0 Å². The molecule has 108 valence electrons. The molecule has 0 saturated heterocycles. The lowest BCUT2D eigenvalue weighted by molar-refractivity contribution is 0.298. The summed E-state index contributed by atoms with van der Waals surface area (Å²) in [7, 11) is 0. The molecule has 1 N–H and O–H groups in total. The highest BCUT2D eigenvalue weighted by Crippen LogP contribution is 2.42. The lowest BCUT2D eigenvalue weighted by atomic mass is 9.79. The normalized spacial score (nSPS) is 12.6. The van der Waals surface area contributed by atoms with E-state index in [1.54, 1.807) is 0 Å². The first-order valence-corrected chi connectivity index (χ1v) is 7.08. The Morgan fingerprint density at radius 1 is 0.947 bits per heavy atom. The third kappa shape index (κ3) is 3.89. The molecule has 0 bridgehead atoms. The maximum atomic E-state index is 10.0. The number of aromatic hydroxyl groups is 1. The van der Waals surface area contributed by atoms with Crippen LogP contribution >= 0.6 is 0 Å². The number of benzene rings is 1. The zero-order valence-electron chi connectivity index (χ0n) is 13.4. The highest BCUT2D eigenvalue weighted by molar-refractivity contribution is 5.52. The van der Waals surface area contributed by atoms with Gasteiger partial charge in [-0.2, -0.15) is 0 Å². The van der Waals surface area contributed by atoms with E-state index in [1.165, 1.54) is 0 Å². The lowest BCUT2D eigenvalue weighted by Crippen LogP contribution is -2.19. The van der Waals surface area contributed by atoms with E-state index in [0.29, 0.717) is 12.4 Å². The van der Waals surface area contributed by atoms with Crippen molar-refractivity contribution in [2.75, 3.05) is 6.61 Å². The zero-order valence-corrected chi connectivity index (χ0v) is 13.4. The molecule has 1 aromatic carbocycles.